The maximum atomic E-state index is 13.4. The van der Waals surface area contributed by atoms with Gasteiger partial charge in [0.2, 0.25) is 34.8 Å². The number of esters is 1. The van der Waals surface area contributed by atoms with Crippen molar-refractivity contribution in [2.45, 2.75) is 13.0 Å². The van der Waals surface area contributed by atoms with Crippen molar-refractivity contribution in [3.8, 4) is 5.75 Å². The monoisotopic (exact) mass is 478 g/mol. The van der Waals surface area contributed by atoms with Crippen molar-refractivity contribution >= 4 is 5.97 Å². The van der Waals surface area contributed by atoms with Crippen molar-refractivity contribution < 1.29 is 50.4 Å². The van der Waals surface area contributed by atoms with Gasteiger partial charge in [-0.15, -0.1) is 0 Å². The smallest absolute Gasteiger partial charge is 0.313 e. The number of benzene rings is 2. The van der Waals surface area contributed by atoms with Crippen LogP contribution in [0, 0.1) is 29.1 Å². The van der Waals surface area contributed by atoms with E-state index >= 15 is 0 Å². The third-order valence-electron chi connectivity index (χ3n) is 4.06. The zero-order chi connectivity index (χ0) is 24.1. The highest BCUT2D eigenvalue weighted by Gasteiger charge is 2.28. The number of hydrogen-bond acceptors (Lipinski definition) is 6. The lowest BCUT2D eigenvalue weighted by molar-refractivity contribution is -0.136. The SMILES string of the molecule is O=C(CCOCCOCCOCCOCc1ccccc1)Oc1c(F)c(F)c(F)c(F)c1F. The van der Waals surface area contributed by atoms with Gasteiger partial charge in [0, 0.05) is 0 Å². The fourth-order valence-electron chi connectivity index (χ4n) is 2.42. The highest BCUT2D eigenvalue weighted by atomic mass is 19.2. The summed E-state index contributed by atoms with van der Waals surface area (Å²) < 4.78 is 91.4. The van der Waals surface area contributed by atoms with Gasteiger partial charge in [0.15, 0.2) is 0 Å². The van der Waals surface area contributed by atoms with Crippen LogP contribution >= 0.6 is 0 Å². The van der Waals surface area contributed by atoms with Crippen LogP contribution in [0.15, 0.2) is 30.3 Å². The van der Waals surface area contributed by atoms with Crippen LogP contribution in [0.2, 0.25) is 0 Å². The Morgan fingerprint density at radius 1 is 0.606 bits per heavy atom. The molecule has 2 aromatic carbocycles. The topological polar surface area (TPSA) is 63.2 Å². The largest absolute Gasteiger partial charge is 0.420 e. The molecule has 0 aliphatic heterocycles. The van der Waals surface area contributed by atoms with E-state index in [1.807, 2.05) is 30.3 Å². The van der Waals surface area contributed by atoms with Gasteiger partial charge in [0.05, 0.1) is 59.3 Å². The molecule has 0 bridgehead atoms. The highest BCUT2D eigenvalue weighted by molar-refractivity contribution is 5.72. The number of rotatable bonds is 15. The summed E-state index contributed by atoms with van der Waals surface area (Å²) in [5.74, 6) is -14.1. The first kappa shape index (κ1) is 26.7. The predicted molar refractivity (Wildman–Crippen MR) is 105 cm³/mol. The molecule has 33 heavy (non-hydrogen) atoms. The van der Waals surface area contributed by atoms with Gasteiger partial charge in [-0.3, -0.25) is 4.79 Å². The second-order valence-electron chi connectivity index (χ2n) is 6.50. The van der Waals surface area contributed by atoms with E-state index in [-0.39, 0.29) is 19.8 Å². The highest BCUT2D eigenvalue weighted by Crippen LogP contribution is 2.29. The van der Waals surface area contributed by atoms with Gasteiger partial charge in [-0.1, -0.05) is 30.3 Å². The van der Waals surface area contributed by atoms with Crippen molar-refractivity contribution in [3.63, 3.8) is 0 Å². The molecule has 0 fully saturated rings. The van der Waals surface area contributed by atoms with Crippen molar-refractivity contribution in [1.82, 2.24) is 0 Å². The number of carbonyl (C=O) groups is 1. The van der Waals surface area contributed by atoms with Crippen LogP contribution in [0.5, 0.6) is 5.75 Å². The number of hydrogen-bond donors (Lipinski definition) is 0. The summed E-state index contributed by atoms with van der Waals surface area (Å²) in [6, 6.07) is 9.73. The normalized spacial score (nSPS) is 11.1. The molecule has 0 aromatic heterocycles. The lowest BCUT2D eigenvalue weighted by atomic mass is 10.2. The first-order valence-corrected chi connectivity index (χ1v) is 9.98. The van der Waals surface area contributed by atoms with Crippen molar-refractivity contribution in [3.05, 3.63) is 65.0 Å². The van der Waals surface area contributed by atoms with Gasteiger partial charge in [0.25, 0.3) is 0 Å². The molecule has 0 unspecified atom stereocenters. The first-order chi connectivity index (χ1) is 15.9. The Labute approximate surface area is 187 Å². The zero-order valence-electron chi connectivity index (χ0n) is 17.6. The average Bonchev–Trinajstić information content (AvgIpc) is 2.83. The Bertz CT molecular complexity index is 852. The van der Waals surface area contributed by atoms with Gasteiger partial charge in [-0.25, -0.2) is 13.2 Å². The fraction of sp³-hybridized carbons (Fsp3) is 0.409. The van der Waals surface area contributed by atoms with E-state index in [1.165, 1.54) is 0 Å². The second-order valence-corrected chi connectivity index (χ2v) is 6.50. The van der Waals surface area contributed by atoms with Crippen LogP contribution < -0.4 is 4.74 Å². The van der Waals surface area contributed by atoms with E-state index in [9.17, 15) is 26.7 Å². The minimum absolute atomic E-state index is 0.107. The molecular weight excluding hydrogens is 455 g/mol. The van der Waals surface area contributed by atoms with Crippen LogP contribution in [-0.4, -0.2) is 52.2 Å². The fourth-order valence-corrected chi connectivity index (χ4v) is 2.42. The first-order valence-electron chi connectivity index (χ1n) is 9.98. The second kappa shape index (κ2) is 14.5. The third-order valence-corrected chi connectivity index (χ3v) is 4.06. The van der Waals surface area contributed by atoms with Crippen molar-refractivity contribution in [2.24, 2.45) is 0 Å². The number of halogens is 5. The Morgan fingerprint density at radius 3 is 1.61 bits per heavy atom. The van der Waals surface area contributed by atoms with Gasteiger partial charge < -0.3 is 23.7 Å². The Hall–Kier alpha value is -2.60. The molecule has 0 saturated heterocycles. The molecular formula is C22H23F5O6. The molecule has 0 radical (unpaired) electrons. The van der Waals surface area contributed by atoms with E-state index in [2.05, 4.69) is 4.74 Å². The third kappa shape index (κ3) is 9.04. The molecule has 0 saturated carbocycles. The Balaban J connectivity index is 1.46. The molecule has 0 aliphatic carbocycles. The van der Waals surface area contributed by atoms with Crippen LogP contribution in [0.1, 0.15) is 12.0 Å². The van der Waals surface area contributed by atoms with E-state index < -0.39 is 47.2 Å². The number of ether oxygens (including phenoxy) is 5. The minimum Gasteiger partial charge on any atom is -0.420 e. The molecule has 0 aliphatic rings. The van der Waals surface area contributed by atoms with E-state index in [0.717, 1.165) is 5.56 Å². The van der Waals surface area contributed by atoms with Gasteiger partial charge in [-0.2, -0.15) is 8.78 Å². The average molecular weight is 478 g/mol. The summed E-state index contributed by atoms with van der Waals surface area (Å²) in [7, 11) is 0. The van der Waals surface area contributed by atoms with E-state index in [0.29, 0.717) is 33.0 Å². The van der Waals surface area contributed by atoms with Gasteiger partial charge in [-0.05, 0) is 5.56 Å². The Kier molecular flexibility index (Phi) is 11.7. The standard InChI is InChI=1S/C22H23F5O6/c23-17-18(24)20(26)22(21(27)19(17)25)33-16(28)6-7-29-8-9-30-10-11-31-12-13-32-14-15-4-2-1-3-5-15/h1-5H,6-14H2. The van der Waals surface area contributed by atoms with E-state index in [4.69, 9.17) is 18.9 Å². The number of carbonyl (C=O) groups excluding carboxylic acids is 1. The molecule has 11 heteroatoms. The molecule has 0 atom stereocenters. The Morgan fingerprint density at radius 2 is 1.06 bits per heavy atom. The van der Waals surface area contributed by atoms with Crippen LogP contribution in [0.3, 0.4) is 0 Å². The molecule has 6 nitrogen and oxygen atoms in total. The lowest BCUT2D eigenvalue weighted by Gasteiger charge is -2.09. The van der Waals surface area contributed by atoms with Crippen molar-refractivity contribution in [2.75, 3.05) is 46.2 Å². The zero-order valence-corrected chi connectivity index (χ0v) is 17.6. The molecule has 182 valence electrons. The summed E-state index contributed by atoms with van der Waals surface area (Å²) in [6.07, 6.45) is -0.467. The van der Waals surface area contributed by atoms with E-state index in [1.54, 1.807) is 0 Å². The summed E-state index contributed by atoms with van der Waals surface area (Å²) in [5.41, 5.74) is 1.08. The lowest BCUT2D eigenvalue weighted by Crippen LogP contribution is -2.16. The van der Waals surface area contributed by atoms with Gasteiger partial charge >= 0.3 is 5.97 Å². The molecule has 0 spiro atoms. The minimum atomic E-state index is -2.34. The molecule has 0 amide bonds. The maximum absolute atomic E-state index is 13.4. The molecule has 2 rings (SSSR count). The van der Waals surface area contributed by atoms with Gasteiger partial charge in [0.1, 0.15) is 0 Å². The van der Waals surface area contributed by atoms with Crippen LogP contribution in [0.25, 0.3) is 0 Å². The predicted octanol–water partition coefficient (Wildman–Crippen LogP) is 3.94. The summed E-state index contributed by atoms with van der Waals surface area (Å²) in [6.45, 7) is 2.13. The summed E-state index contributed by atoms with van der Waals surface area (Å²) in [4.78, 5) is 11.6. The van der Waals surface area contributed by atoms with Crippen LogP contribution in [-0.2, 0) is 30.3 Å². The quantitative estimate of drug-likeness (QED) is 0.0965. The summed E-state index contributed by atoms with van der Waals surface area (Å²) >= 11 is 0. The maximum Gasteiger partial charge on any atom is 0.313 e. The molecule has 2 aromatic rings. The van der Waals surface area contributed by atoms with Crippen LogP contribution in [0.4, 0.5) is 22.0 Å². The molecule has 0 heterocycles. The molecule has 0 N–H and O–H groups in total. The summed E-state index contributed by atoms with van der Waals surface area (Å²) in [5, 5.41) is 0. The van der Waals surface area contributed by atoms with Crippen molar-refractivity contribution in [1.29, 1.82) is 0 Å².